The minimum Gasteiger partial charge on any atom is -0.483 e. The number of imidazole rings is 1. The van der Waals surface area contributed by atoms with E-state index in [-0.39, 0.29) is 12.5 Å². The molecule has 3 rings (SSSR count). The zero-order valence-corrected chi connectivity index (χ0v) is 13.5. The molecule has 3 aromatic rings. The van der Waals surface area contributed by atoms with Crippen molar-refractivity contribution in [2.24, 2.45) is 0 Å². The summed E-state index contributed by atoms with van der Waals surface area (Å²) in [5.41, 5.74) is 2.81. The van der Waals surface area contributed by atoms with Gasteiger partial charge >= 0.3 is 0 Å². The Morgan fingerprint density at radius 1 is 1.17 bits per heavy atom. The molecule has 0 aliphatic rings. The molecule has 1 amide bonds. The van der Waals surface area contributed by atoms with Crippen LogP contribution < -0.4 is 10.1 Å². The van der Waals surface area contributed by atoms with Crippen LogP contribution in [0.2, 0.25) is 0 Å². The fourth-order valence-electron chi connectivity index (χ4n) is 2.41. The number of nitrogens with one attached hydrogen (secondary N) is 1. The molecule has 0 atom stereocenters. The number of nitrogens with zero attached hydrogens (tertiary/aromatic N) is 2. The number of carbonyl (C=O) groups excluding carboxylic acids is 1. The second kappa shape index (κ2) is 7.46. The summed E-state index contributed by atoms with van der Waals surface area (Å²) in [4.78, 5) is 16.1. The molecule has 0 unspecified atom stereocenters. The number of anilines is 1. The van der Waals surface area contributed by atoms with E-state index in [1.807, 2.05) is 59.3 Å². The second-order valence-corrected chi connectivity index (χ2v) is 5.31. The van der Waals surface area contributed by atoms with Crippen LogP contribution in [0.1, 0.15) is 12.5 Å². The summed E-state index contributed by atoms with van der Waals surface area (Å²) in [7, 11) is 0. The molecule has 0 aliphatic carbocycles. The number of aryl methyl sites for hydroxylation is 1. The predicted octanol–water partition coefficient (Wildman–Crippen LogP) is 3.45. The van der Waals surface area contributed by atoms with Crippen LogP contribution in [0.4, 0.5) is 5.69 Å². The number of carbonyl (C=O) groups is 1. The zero-order chi connectivity index (χ0) is 16.8. The summed E-state index contributed by atoms with van der Waals surface area (Å²) >= 11 is 0. The Kier molecular flexibility index (Phi) is 4.91. The van der Waals surface area contributed by atoms with Gasteiger partial charge in [0.05, 0.1) is 6.33 Å². The van der Waals surface area contributed by atoms with Crippen molar-refractivity contribution in [3.8, 4) is 11.4 Å². The molecule has 24 heavy (non-hydrogen) atoms. The largest absolute Gasteiger partial charge is 0.483 e. The molecule has 0 spiro atoms. The summed E-state index contributed by atoms with van der Waals surface area (Å²) in [5.74, 6) is 0.571. The van der Waals surface area contributed by atoms with Crippen molar-refractivity contribution < 1.29 is 9.53 Å². The lowest BCUT2D eigenvalue weighted by Gasteiger charge is -2.11. The van der Waals surface area contributed by atoms with E-state index >= 15 is 0 Å². The van der Waals surface area contributed by atoms with Crippen LogP contribution in [0.5, 0.6) is 5.75 Å². The van der Waals surface area contributed by atoms with E-state index in [1.165, 1.54) is 0 Å². The van der Waals surface area contributed by atoms with Gasteiger partial charge < -0.3 is 14.6 Å². The van der Waals surface area contributed by atoms with Crippen LogP contribution in [0.15, 0.2) is 67.3 Å². The van der Waals surface area contributed by atoms with Gasteiger partial charge in [0.1, 0.15) is 5.75 Å². The summed E-state index contributed by atoms with van der Waals surface area (Å²) in [6.45, 7) is 2.05. The molecule has 0 saturated heterocycles. The van der Waals surface area contributed by atoms with Crippen LogP contribution >= 0.6 is 0 Å². The lowest BCUT2D eigenvalue weighted by molar-refractivity contribution is -0.118. The highest BCUT2D eigenvalue weighted by Crippen LogP contribution is 2.18. The van der Waals surface area contributed by atoms with Gasteiger partial charge in [-0.1, -0.05) is 25.1 Å². The first-order valence-corrected chi connectivity index (χ1v) is 7.85. The standard InChI is InChI=1S/C19H19N3O2/c1-2-15-5-3-4-6-18(15)24-13-19(23)21-16-7-9-17(10-8-16)22-12-11-20-14-22/h3-12,14H,2,13H2,1H3,(H,21,23). The molecule has 2 aromatic carbocycles. The van der Waals surface area contributed by atoms with Gasteiger partial charge in [-0.2, -0.15) is 0 Å². The maximum absolute atomic E-state index is 12.0. The van der Waals surface area contributed by atoms with Gasteiger partial charge in [0, 0.05) is 23.8 Å². The molecule has 122 valence electrons. The van der Waals surface area contributed by atoms with Gasteiger partial charge in [-0.15, -0.1) is 0 Å². The van der Waals surface area contributed by atoms with E-state index in [4.69, 9.17) is 4.74 Å². The molecule has 1 aromatic heterocycles. The molecular weight excluding hydrogens is 302 g/mol. The molecule has 0 aliphatic heterocycles. The quantitative estimate of drug-likeness (QED) is 0.756. The zero-order valence-electron chi connectivity index (χ0n) is 13.5. The van der Waals surface area contributed by atoms with E-state index < -0.39 is 0 Å². The first-order chi connectivity index (χ1) is 11.8. The second-order valence-electron chi connectivity index (χ2n) is 5.31. The summed E-state index contributed by atoms with van der Waals surface area (Å²) in [6, 6.07) is 15.3. The lowest BCUT2D eigenvalue weighted by Crippen LogP contribution is -2.20. The van der Waals surface area contributed by atoms with Crippen molar-refractivity contribution >= 4 is 11.6 Å². The normalized spacial score (nSPS) is 10.4. The Hall–Kier alpha value is -3.08. The van der Waals surface area contributed by atoms with Gasteiger partial charge in [-0.05, 0) is 42.3 Å². The van der Waals surface area contributed by atoms with Crippen molar-refractivity contribution in [1.82, 2.24) is 9.55 Å². The van der Waals surface area contributed by atoms with Crippen LogP contribution in [0.25, 0.3) is 5.69 Å². The van der Waals surface area contributed by atoms with E-state index in [2.05, 4.69) is 17.2 Å². The Morgan fingerprint density at radius 2 is 1.96 bits per heavy atom. The number of ether oxygens (including phenoxy) is 1. The third-order valence-electron chi connectivity index (χ3n) is 3.67. The SMILES string of the molecule is CCc1ccccc1OCC(=O)Nc1ccc(-n2ccnc2)cc1. The highest BCUT2D eigenvalue weighted by atomic mass is 16.5. The highest BCUT2D eigenvalue weighted by Gasteiger charge is 2.06. The van der Waals surface area contributed by atoms with Gasteiger partial charge in [0.15, 0.2) is 6.61 Å². The number of benzene rings is 2. The van der Waals surface area contributed by atoms with E-state index in [1.54, 1.807) is 12.5 Å². The first kappa shape index (κ1) is 15.8. The number of rotatable bonds is 6. The molecule has 1 N–H and O–H groups in total. The van der Waals surface area contributed by atoms with Crippen molar-refractivity contribution in [2.75, 3.05) is 11.9 Å². The number of amides is 1. The maximum atomic E-state index is 12.0. The van der Waals surface area contributed by atoms with E-state index in [0.717, 1.165) is 29.1 Å². The molecule has 5 heteroatoms. The third kappa shape index (κ3) is 3.81. The van der Waals surface area contributed by atoms with Crippen molar-refractivity contribution in [3.63, 3.8) is 0 Å². The van der Waals surface area contributed by atoms with E-state index in [0.29, 0.717) is 0 Å². The Labute approximate surface area is 140 Å². The molecule has 0 radical (unpaired) electrons. The number of hydrogen-bond donors (Lipinski definition) is 1. The number of hydrogen-bond acceptors (Lipinski definition) is 3. The fraction of sp³-hybridized carbons (Fsp3) is 0.158. The van der Waals surface area contributed by atoms with Gasteiger partial charge in [0.25, 0.3) is 5.91 Å². The van der Waals surface area contributed by atoms with Crippen LogP contribution in [-0.4, -0.2) is 22.1 Å². The topological polar surface area (TPSA) is 56.1 Å². The van der Waals surface area contributed by atoms with Crippen LogP contribution in [0, 0.1) is 0 Å². The molecule has 0 fully saturated rings. The fourth-order valence-corrected chi connectivity index (χ4v) is 2.41. The molecule has 5 nitrogen and oxygen atoms in total. The van der Waals surface area contributed by atoms with Gasteiger partial charge in [0.2, 0.25) is 0 Å². The smallest absolute Gasteiger partial charge is 0.262 e. The first-order valence-electron chi connectivity index (χ1n) is 7.85. The maximum Gasteiger partial charge on any atom is 0.262 e. The average molecular weight is 321 g/mol. The van der Waals surface area contributed by atoms with Crippen LogP contribution in [0.3, 0.4) is 0 Å². The molecule has 0 saturated carbocycles. The summed E-state index contributed by atoms with van der Waals surface area (Å²) in [5, 5.41) is 2.83. The Balaban J connectivity index is 1.57. The number of aromatic nitrogens is 2. The van der Waals surface area contributed by atoms with Crippen LogP contribution in [-0.2, 0) is 11.2 Å². The lowest BCUT2D eigenvalue weighted by atomic mass is 10.1. The van der Waals surface area contributed by atoms with Gasteiger partial charge in [-0.3, -0.25) is 4.79 Å². The summed E-state index contributed by atoms with van der Waals surface area (Å²) in [6.07, 6.45) is 6.19. The monoisotopic (exact) mass is 321 g/mol. The minimum absolute atomic E-state index is 0.0136. The molecule has 0 bridgehead atoms. The predicted molar refractivity (Wildman–Crippen MR) is 93.5 cm³/mol. The third-order valence-corrected chi connectivity index (χ3v) is 3.67. The van der Waals surface area contributed by atoms with E-state index in [9.17, 15) is 4.79 Å². The van der Waals surface area contributed by atoms with Gasteiger partial charge in [-0.25, -0.2) is 4.98 Å². The minimum atomic E-state index is -0.184. The van der Waals surface area contributed by atoms with Crippen molar-refractivity contribution in [2.45, 2.75) is 13.3 Å². The average Bonchev–Trinajstić information content (AvgIpc) is 3.15. The molecule has 1 heterocycles. The van der Waals surface area contributed by atoms with Crippen molar-refractivity contribution in [1.29, 1.82) is 0 Å². The summed E-state index contributed by atoms with van der Waals surface area (Å²) < 4.78 is 7.52. The van der Waals surface area contributed by atoms with Crippen molar-refractivity contribution in [3.05, 3.63) is 72.8 Å². The Bertz CT molecular complexity index is 796. The highest BCUT2D eigenvalue weighted by molar-refractivity contribution is 5.91. The Morgan fingerprint density at radius 3 is 2.67 bits per heavy atom. The molecular formula is C19H19N3O2. The number of para-hydroxylation sites is 1.